The van der Waals surface area contributed by atoms with Crippen LogP contribution in [0, 0.1) is 6.92 Å². The van der Waals surface area contributed by atoms with E-state index in [0.29, 0.717) is 19.7 Å². The van der Waals surface area contributed by atoms with Crippen molar-refractivity contribution in [1.29, 1.82) is 0 Å². The standard InChI is InChI=1S/C18H23NO2/c1-14-6-5-7-16(10-14)13-21-18-9-4-3-8-17(18)12-19-11-15(2)20/h3-10,15,19-20H,11-13H2,1-2H3/t15-/m0/s1. The van der Waals surface area contributed by atoms with E-state index in [1.54, 1.807) is 6.92 Å². The van der Waals surface area contributed by atoms with Crippen molar-refractivity contribution < 1.29 is 9.84 Å². The Balaban J connectivity index is 1.96. The Morgan fingerprint density at radius 1 is 1.14 bits per heavy atom. The van der Waals surface area contributed by atoms with Crippen molar-refractivity contribution in [2.24, 2.45) is 0 Å². The normalized spacial score (nSPS) is 12.1. The third kappa shape index (κ3) is 5.21. The zero-order valence-electron chi connectivity index (χ0n) is 12.7. The lowest BCUT2D eigenvalue weighted by Gasteiger charge is -2.13. The van der Waals surface area contributed by atoms with Gasteiger partial charge in [-0.2, -0.15) is 0 Å². The first-order valence-corrected chi connectivity index (χ1v) is 7.30. The molecule has 0 unspecified atom stereocenters. The zero-order valence-corrected chi connectivity index (χ0v) is 12.7. The summed E-state index contributed by atoms with van der Waals surface area (Å²) in [5.41, 5.74) is 3.51. The molecule has 2 aromatic rings. The molecule has 0 bridgehead atoms. The minimum atomic E-state index is -0.342. The molecule has 0 amide bonds. The van der Waals surface area contributed by atoms with E-state index in [9.17, 15) is 5.11 Å². The van der Waals surface area contributed by atoms with E-state index in [2.05, 4.69) is 30.4 Å². The topological polar surface area (TPSA) is 41.5 Å². The summed E-state index contributed by atoms with van der Waals surface area (Å²) in [6, 6.07) is 16.3. The maximum Gasteiger partial charge on any atom is 0.124 e. The number of ether oxygens (including phenoxy) is 1. The fourth-order valence-electron chi connectivity index (χ4n) is 2.17. The largest absolute Gasteiger partial charge is 0.489 e. The van der Waals surface area contributed by atoms with Crippen molar-refractivity contribution in [1.82, 2.24) is 5.32 Å². The molecule has 0 radical (unpaired) electrons. The average molecular weight is 285 g/mol. The molecule has 2 N–H and O–H groups in total. The summed E-state index contributed by atoms with van der Waals surface area (Å²) in [5, 5.41) is 12.5. The smallest absolute Gasteiger partial charge is 0.124 e. The lowest BCUT2D eigenvalue weighted by atomic mass is 10.1. The van der Waals surface area contributed by atoms with Gasteiger partial charge < -0.3 is 15.2 Å². The van der Waals surface area contributed by atoms with Crippen LogP contribution in [0.1, 0.15) is 23.6 Å². The molecule has 2 aromatic carbocycles. The van der Waals surface area contributed by atoms with Gasteiger partial charge in [0.1, 0.15) is 12.4 Å². The average Bonchev–Trinajstić information content (AvgIpc) is 2.46. The van der Waals surface area contributed by atoms with Crippen LogP contribution in [0.15, 0.2) is 48.5 Å². The highest BCUT2D eigenvalue weighted by Crippen LogP contribution is 2.19. The summed E-state index contributed by atoms with van der Waals surface area (Å²) in [6.07, 6.45) is -0.342. The fraction of sp³-hybridized carbons (Fsp3) is 0.333. The van der Waals surface area contributed by atoms with Gasteiger partial charge in [0.25, 0.3) is 0 Å². The number of hydrogen-bond acceptors (Lipinski definition) is 3. The van der Waals surface area contributed by atoms with E-state index < -0.39 is 0 Å². The number of aryl methyl sites for hydroxylation is 1. The van der Waals surface area contributed by atoms with Crippen molar-refractivity contribution in [3.8, 4) is 5.75 Å². The summed E-state index contributed by atoms with van der Waals surface area (Å²) in [5.74, 6) is 0.886. The van der Waals surface area contributed by atoms with E-state index in [-0.39, 0.29) is 6.10 Å². The number of rotatable bonds is 7. The van der Waals surface area contributed by atoms with Crippen molar-refractivity contribution in [2.45, 2.75) is 33.1 Å². The molecule has 21 heavy (non-hydrogen) atoms. The summed E-state index contributed by atoms with van der Waals surface area (Å²) >= 11 is 0. The highest BCUT2D eigenvalue weighted by atomic mass is 16.5. The van der Waals surface area contributed by atoms with Gasteiger partial charge in [0, 0.05) is 18.7 Å². The SMILES string of the molecule is Cc1cccc(COc2ccccc2CNC[C@H](C)O)c1. The number of hydrogen-bond donors (Lipinski definition) is 2. The Morgan fingerprint density at radius 2 is 1.95 bits per heavy atom. The lowest BCUT2D eigenvalue weighted by molar-refractivity contribution is 0.190. The highest BCUT2D eigenvalue weighted by Gasteiger charge is 2.04. The predicted octanol–water partition coefficient (Wildman–Crippen LogP) is 3.04. The molecule has 0 aromatic heterocycles. The molecule has 1 atom stereocenters. The first-order valence-electron chi connectivity index (χ1n) is 7.30. The quantitative estimate of drug-likeness (QED) is 0.821. The molecule has 3 heteroatoms. The molecule has 2 rings (SSSR count). The predicted molar refractivity (Wildman–Crippen MR) is 85.3 cm³/mol. The third-order valence-electron chi connectivity index (χ3n) is 3.20. The molecule has 0 aliphatic carbocycles. The molecule has 0 saturated heterocycles. The first kappa shape index (κ1) is 15.5. The molecule has 0 spiro atoms. The first-order chi connectivity index (χ1) is 10.1. The van der Waals surface area contributed by atoms with Crippen molar-refractivity contribution >= 4 is 0 Å². The van der Waals surface area contributed by atoms with Crippen LogP contribution in [0.5, 0.6) is 5.75 Å². The van der Waals surface area contributed by atoms with Gasteiger partial charge in [-0.15, -0.1) is 0 Å². The Bertz CT molecular complexity index is 567. The molecule has 0 fully saturated rings. The van der Waals surface area contributed by atoms with Crippen LogP contribution in [0.2, 0.25) is 0 Å². The lowest BCUT2D eigenvalue weighted by Crippen LogP contribution is -2.24. The highest BCUT2D eigenvalue weighted by molar-refractivity contribution is 5.33. The van der Waals surface area contributed by atoms with Crippen molar-refractivity contribution in [3.05, 3.63) is 65.2 Å². The summed E-state index contributed by atoms with van der Waals surface area (Å²) in [6.45, 7) is 5.68. The van der Waals surface area contributed by atoms with Crippen LogP contribution >= 0.6 is 0 Å². The molecular formula is C18H23NO2. The minimum Gasteiger partial charge on any atom is -0.489 e. The van der Waals surface area contributed by atoms with Crippen LogP contribution in [-0.2, 0) is 13.2 Å². The van der Waals surface area contributed by atoms with Gasteiger partial charge in [-0.1, -0.05) is 48.0 Å². The van der Waals surface area contributed by atoms with Gasteiger partial charge in [0.05, 0.1) is 6.10 Å². The molecule has 112 valence electrons. The number of nitrogens with one attached hydrogen (secondary N) is 1. The maximum atomic E-state index is 9.28. The third-order valence-corrected chi connectivity index (χ3v) is 3.20. The van der Waals surface area contributed by atoms with Gasteiger partial charge in [-0.25, -0.2) is 0 Å². The van der Waals surface area contributed by atoms with Gasteiger partial charge >= 0.3 is 0 Å². The molecule has 0 aliphatic rings. The van der Waals surface area contributed by atoms with Crippen LogP contribution in [-0.4, -0.2) is 17.8 Å². The fourth-order valence-corrected chi connectivity index (χ4v) is 2.17. The summed E-state index contributed by atoms with van der Waals surface area (Å²) < 4.78 is 5.93. The van der Waals surface area contributed by atoms with Crippen LogP contribution in [0.25, 0.3) is 0 Å². The summed E-state index contributed by atoms with van der Waals surface area (Å²) in [7, 11) is 0. The summed E-state index contributed by atoms with van der Waals surface area (Å²) in [4.78, 5) is 0. The molecular weight excluding hydrogens is 262 g/mol. The molecule has 3 nitrogen and oxygen atoms in total. The second kappa shape index (κ2) is 7.81. The van der Waals surface area contributed by atoms with Gasteiger partial charge in [0.15, 0.2) is 0 Å². The Morgan fingerprint density at radius 3 is 2.71 bits per heavy atom. The number of para-hydroxylation sites is 1. The Labute approximate surface area is 126 Å². The van der Waals surface area contributed by atoms with E-state index >= 15 is 0 Å². The Kier molecular flexibility index (Phi) is 5.78. The van der Waals surface area contributed by atoms with Crippen LogP contribution in [0.4, 0.5) is 0 Å². The monoisotopic (exact) mass is 285 g/mol. The van der Waals surface area contributed by atoms with Gasteiger partial charge in [0.2, 0.25) is 0 Å². The van der Waals surface area contributed by atoms with Crippen LogP contribution in [0.3, 0.4) is 0 Å². The van der Waals surface area contributed by atoms with Gasteiger partial charge in [-0.05, 0) is 25.5 Å². The zero-order chi connectivity index (χ0) is 15.1. The molecule has 0 aliphatic heterocycles. The minimum absolute atomic E-state index is 0.342. The second-order valence-electron chi connectivity index (χ2n) is 5.37. The number of benzene rings is 2. The Hall–Kier alpha value is -1.84. The van der Waals surface area contributed by atoms with Crippen molar-refractivity contribution in [2.75, 3.05) is 6.54 Å². The van der Waals surface area contributed by atoms with Crippen LogP contribution < -0.4 is 10.1 Å². The van der Waals surface area contributed by atoms with E-state index in [0.717, 1.165) is 11.3 Å². The number of aliphatic hydroxyl groups excluding tert-OH is 1. The van der Waals surface area contributed by atoms with Gasteiger partial charge in [-0.3, -0.25) is 0 Å². The maximum absolute atomic E-state index is 9.28. The molecule has 0 saturated carbocycles. The second-order valence-corrected chi connectivity index (χ2v) is 5.37. The molecule has 0 heterocycles. The van der Waals surface area contributed by atoms with E-state index in [1.165, 1.54) is 11.1 Å². The van der Waals surface area contributed by atoms with Crippen molar-refractivity contribution in [3.63, 3.8) is 0 Å². The van der Waals surface area contributed by atoms with E-state index in [1.807, 2.05) is 30.3 Å². The number of aliphatic hydroxyl groups is 1. The van der Waals surface area contributed by atoms with E-state index in [4.69, 9.17) is 4.74 Å².